The second-order valence-corrected chi connectivity index (χ2v) is 6.63. The van der Waals surface area contributed by atoms with Gasteiger partial charge < -0.3 is 5.32 Å². The molecule has 0 bridgehead atoms. The summed E-state index contributed by atoms with van der Waals surface area (Å²) in [5.41, 5.74) is 0.129. The highest BCUT2D eigenvalue weighted by molar-refractivity contribution is 7.09. The first-order valence-corrected chi connectivity index (χ1v) is 8.41. The first-order valence-electron chi connectivity index (χ1n) is 7.53. The van der Waals surface area contributed by atoms with Gasteiger partial charge in [0.1, 0.15) is 16.2 Å². The minimum absolute atomic E-state index is 0.222. The third-order valence-electron chi connectivity index (χ3n) is 4.21. The number of amides is 1. The average molecular weight is 329 g/mol. The molecule has 0 saturated heterocycles. The van der Waals surface area contributed by atoms with Gasteiger partial charge in [-0.3, -0.25) is 4.79 Å². The van der Waals surface area contributed by atoms with Crippen molar-refractivity contribution < 1.29 is 9.18 Å². The van der Waals surface area contributed by atoms with Gasteiger partial charge in [0.25, 0.3) is 0 Å². The highest BCUT2D eigenvalue weighted by atomic mass is 32.1. The van der Waals surface area contributed by atoms with E-state index in [1.807, 2.05) is 0 Å². The second kappa shape index (κ2) is 6.47. The lowest BCUT2D eigenvalue weighted by molar-refractivity contribution is -0.128. The number of nitrogens with one attached hydrogen (secondary N) is 1. The van der Waals surface area contributed by atoms with Crippen LogP contribution in [0.2, 0.25) is 0 Å². The fourth-order valence-electron chi connectivity index (χ4n) is 2.88. The monoisotopic (exact) mass is 329 g/mol. The zero-order chi connectivity index (χ0) is 16.3. The lowest BCUT2D eigenvalue weighted by Gasteiger charge is -2.18. The summed E-state index contributed by atoms with van der Waals surface area (Å²) in [7, 11) is 0. The van der Waals surface area contributed by atoms with Crippen molar-refractivity contribution in [2.75, 3.05) is 0 Å². The highest BCUT2D eigenvalue weighted by Crippen LogP contribution is 2.37. The van der Waals surface area contributed by atoms with Crippen LogP contribution < -0.4 is 5.32 Å². The van der Waals surface area contributed by atoms with Crippen LogP contribution in [0.15, 0.2) is 29.6 Å². The van der Waals surface area contributed by atoms with Crippen LogP contribution in [0.5, 0.6) is 0 Å². The predicted octanol–water partition coefficient (Wildman–Crippen LogP) is 3.65. The molecule has 1 aliphatic carbocycles. The molecule has 1 aliphatic rings. The molecule has 0 radical (unpaired) electrons. The summed E-state index contributed by atoms with van der Waals surface area (Å²) in [4.78, 5) is 16.7. The summed E-state index contributed by atoms with van der Waals surface area (Å²) in [6.07, 6.45) is 3.06. The van der Waals surface area contributed by atoms with Crippen LogP contribution >= 0.6 is 11.3 Å². The normalized spacial score (nSPS) is 16.0. The number of halogens is 1. The maximum absolute atomic E-state index is 13.8. The molecule has 0 atom stereocenters. The number of hydrogen-bond acceptors (Lipinski definition) is 4. The van der Waals surface area contributed by atoms with Crippen molar-refractivity contribution in [2.45, 2.75) is 32.2 Å². The third kappa shape index (κ3) is 3.10. The smallest absolute Gasteiger partial charge is 0.240 e. The first kappa shape index (κ1) is 15.6. The fourth-order valence-corrected chi connectivity index (χ4v) is 3.61. The van der Waals surface area contributed by atoms with Crippen molar-refractivity contribution >= 4 is 17.2 Å². The predicted molar refractivity (Wildman–Crippen MR) is 85.9 cm³/mol. The largest absolute Gasteiger partial charge is 0.348 e. The fraction of sp³-hybridized carbons (Fsp3) is 0.353. The molecule has 1 aromatic heterocycles. The van der Waals surface area contributed by atoms with E-state index in [1.165, 1.54) is 17.4 Å². The Bertz CT molecular complexity index is 759. The van der Waals surface area contributed by atoms with Gasteiger partial charge in [-0.2, -0.15) is 5.26 Å². The van der Waals surface area contributed by atoms with E-state index in [0.717, 1.165) is 12.8 Å². The Labute approximate surface area is 138 Å². The Morgan fingerprint density at radius 3 is 2.83 bits per heavy atom. The summed E-state index contributed by atoms with van der Waals surface area (Å²) in [5, 5.41) is 14.6. The topological polar surface area (TPSA) is 65.8 Å². The number of carbonyl (C=O) groups is 1. The number of rotatable bonds is 4. The van der Waals surface area contributed by atoms with E-state index in [4.69, 9.17) is 0 Å². The van der Waals surface area contributed by atoms with Gasteiger partial charge in [-0.15, -0.1) is 11.3 Å². The molecule has 0 unspecified atom stereocenters. The van der Waals surface area contributed by atoms with E-state index in [0.29, 0.717) is 29.1 Å². The molecule has 1 N–H and O–H groups in total. The average Bonchev–Trinajstić information content (AvgIpc) is 3.23. The third-order valence-corrected chi connectivity index (χ3v) is 5.06. The molecule has 23 heavy (non-hydrogen) atoms. The number of nitrogens with zero attached hydrogens (tertiary/aromatic N) is 2. The summed E-state index contributed by atoms with van der Waals surface area (Å²) in [5.74, 6) is -0.539. The van der Waals surface area contributed by atoms with E-state index in [9.17, 15) is 14.4 Å². The maximum atomic E-state index is 13.8. The SMILES string of the molecule is N#CC1(C(=O)NCc2nc(-c3ccccc3F)cs2)CCCC1. The molecule has 1 aromatic carbocycles. The molecule has 2 aromatic rings. The van der Waals surface area contributed by atoms with Crippen molar-refractivity contribution in [2.24, 2.45) is 5.41 Å². The number of nitriles is 1. The van der Waals surface area contributed by atoms with Crippen molar-refractivity contribution in [3.05, 3.63) is 40.5 Å². The summed E-state index contributed by atoms with van der Waals surface area (Å²) >= 11 is 1.37. The molecule has 1 saturated carbocycles. The molecule has 1 fully saturated rings. The van der Waals surface area contributed by atoms with Gasteiger partial charge in [0.2, 0.25) is 5.91 Å². The van der Waals surface area contributed by atoms with E-state index in [-0.39, 0.29) is 18.3 Å². The van der Waals surface area contributed by atoms with Crippen LogP contribution in [0.25, 0.3) is 11.3 Å². The van der Waals surface area contributed by atoms with Crippen LogP contribution in [0.4, 0.5) is 4.39 Å². The van der Waals surface area contributed by atoms with Gasteiger partial charge >= 0.3 is 0 Å². The van der Waals surface area contributed by atoms with E-state index < -0.39 is 5.41 Å². The quantitative estimate of drug-likeness (QED) is 0.931. The van der Waals surface area contributed by atoms with Crippen molar-refractivity contribution in [1.29, 1.82) is 5.26 Å². The zero-order valence-electron chi connectivity index (χ0n) is 12.5. The van der Waals surface area contributed by atoms with Gasteiger partial charge in [0.05, 0.1) is 18.3 Å². The molecule has 4 nitrogen and oxygen atoms in total. The van der Waals surface area contributed by atoms with Crippen LogP contribution in [0.1, 0.15) is 30.7 Å². The van der Waals surface area contributed by atoms with Crippen molar-refractivity contribution in [1.82, 2.24) is 10.3 Å². The van der Waals surface area contributed by atoms with Gasteiger partial charge in [-0.1, -0.05) is 25.0 Å². The molecule has 1 heterocycles. The second-order valence-electron chi connectivity index (χ2n) is 5.69. The van der Waals surface area contributed by atoms with E-state index in [1.54, 1.807) is 23.6 Å². The Balaban J connectivity index is 1.67. The Morgan fingerprint density at radius 2 is 2.13 bits per heavy atom. The molecule has 118 valence electrons. The van der Waals surface area contributed by atoms with Crippen molar-refractivity contribution in [3.63, 3.8) is 0 Å². The Hall–Kier alpha value is -2.26. The van der Waals surface area contributed by atoms with Crippen molar-refractivity contribution in [3.8, 4) is 17.3 Å². The number of thiazole rings is 1. The van der Waals surface area contributed by atoms with Crippen LogP contribution in [-0.2, 0) is 11.3 Å². The molecule has 3 rings (SSSR count). The summed E-state index contributed by atoms with van der Waals surface area (Å²) in [6.45, 7) is 0.265. The Morgan fingerprint density at radius 1 is 1.39 bits per heavy atom. The number of benzene rings is 1. The zero-order valence-corrected chi connectivity index (χ0v) is 13.3. The first-order chi connectivity index (χ1) is 11.1. The molecule has 1 amide bonds. The number of carbonyl (C=O) groups excluding carboxylic acids is 1. The maximum Gasteiger partial charge on any atom is 0.240 e. The van der Waals surface area contributed by atoms with Crippen LogP contribution in [0, 0.1) is 22.6 Å². The standard InChI is InChI=1S/C17H16FN3OS/c18-13-6-2-1-5-12(13)14-10-23-15(21-14)9-20-16(22)17(11-19)7-3-4-8-17/h1-2,5-6,10H,3-4,7-9H2,(H,20,22). The van der Waals surface area contributed by atoms with Gasteiger partial charge in [-0.05, 0) is 25.0 Å². The minimum Gasteiger partial charge on any atom is -0.348 e. The number of aromatic nitrogens is 1. The van der Waals surface area contributed by atoms with Crippen LogP contribution in [-0.4, -0.2) is 10.9 Å². The minimum atomic E-state index is -0.883. The highest BCUT2D eigenvalue weighted by Gasteiger charge is 2.41. The van der Waals surface area contributed by atoms with Gasteiger partial charge in [0, 0.05) is 10.9 Å². The van der Waals surface area contributed by atoms with E-state index >= 15 is 0 Å². The lowest BCUT2D eigenvalue weighted by Crippen LogP contribution is -2.37. The molecule has 0 spiro atoms. The van der Waals surface area contributed by atoms with Gasteiger partial charge in [0.15, 0.2) is 0 Å². The van der Waals surface area contributed by atoms with Gasteiger partial charge in [-0.25, -0.2) is 9.37 Å². The molecular weight excluding hydrogens is 313 g/mol. The van der Waals surface area contributed by atoms with Crippen LogP contribution in [0.3, 0.4) is 0 Å². The molecular formula is C17H16FN3OS. The van der Waals surface area contributed by atoms with E-state index in [2.05, 4.69) is 16.4 Å². The lowest BCUT2D eigenvalue weighted by atomic mass is 9.87. The molecule has 6 heteroatoms. The summed E-state index contributed by atoms with van der Waals surface area (Å²) < 4.78 is 13.8. The molecule has 0 aliphatic heterocycles. The Kier molecular flexibility index (Phi) is 4.39. The number of hydrogen-bond donors (Lipinski definition) is 1. The summed E-state index contributed by atoms with van der Waals surface area (Å²) in [6, 6.07) is 8.64.